The van der Waals surface area contributed by atoms with Crippen LogP contribution in [0.25, 0.3) is 0 Å². The molecule has 1 aromatic carbocycles. The number of aliphatic hydroxyl groups excluding tert-OH is 1. The summed E-state index contributed by atoms with van der Waals surface area (Å²) in [4.78, 5) is 2.08. The van der Waals surface area contributed by atoms with Crippen molar-refractivity contribution in [2.24, 2.45) is 0 Å². The molecule has 0 aromatic heterocycles. The van der Waals surface area contributed by atoms with Crippen LogP contribution in [0.2, 0.25) is 0 Å². The van der Waals surface area contributed by atoms with E-state index in [1.165, 1.54) is 12.1 Å². The normalized spacial score (nSPS) is 17.2. The molecule has 21 heavy (non-hydrogen) atoms. The lowest BCUT2D eigenvalue weighted by Crippen LogP contribution is -2.33. The number of aliphatic hydroxyl groups is 1. The van der Waals surface area contributed by atoms with Gasteiger partial charge in [-0.15, -0.1) is 0 Å². The summed E-state index contributed by atoms with van der Waals surface area (Å²) in [5.74, 6) is 0. The molecule has 6 heteroatoms. The van der Waals surface area contributed by atoms with Crippen LogP contribution in [0.15, 0.2) is 24.3 Å². The molecule has 0 heterocycles. The fraction of sp³-hybridized carbons (Fsp3) is 0.600. The van der Waals surface area contributed by atoms with E-state index < -0.39 is 17.8 Å². The second-order valence-corrected chi connectivity index (χ2v) is 5.36. The SMILES string of the molecule is COCCN(CC(O)c1cccc(C(F)(F)F)c1)C1CC1. The molecule has 0 saturated heterocycles. The van der Waals surface area contributed by atoms with Crippen LogP contribution in [0.1, 0.15) is 30.1 Å². The number of rotatable bonds is 7. The molecule has 1 atom stereocenters. The number of methoxy groups -OCH3 is 1. The van der Waals surface area contributed by atoms with Crippen molar-refractivity contribution in [1.82, 2.24) is 4.90 Å². The number of ether oxygens (including phenoxy) is 1. The zero-order chi connectivity index (χ0) is 15.5. The summed E-state index contributed by atoms with van der Waals surface area (Å²) in [6.45, 7) is 1.55. The van der Waals surface area contributed by atoms with Crippen molar-refractivity contribution in [3.63, 3.8) is 0 Å². The molecular weight excluding hydrogens is 283 g/mol. The molecule has 1 saturated carbocycles. The largest absolute Gasteiger partial charge is 0.416 e. The Morgan fingerprint density at radius 1 is 1.38 bits per heavy atom. The van der Waals surface area contributed by atoms with Crippen molar-refractivity contribution in [3.8, 4) is 0 Å². The van der Waals surface area contributed by atoms with Crippen molar-refractivity contribution in [2.45, 2.75) is 31.2 Å². The first-order valence-electron chi connectivity index (χ1n) is 7.00. The van der Waals surface area contributed by atoms with Gasteiger partial charge in [-0.05, 0) is 30.5 Å². The highest BCUT2D eigenvalue weighted by atomic mass is 19.4. The Morgan fingerprint density at radius 2 is 2.10 bits per heavy atom. The Balaban J connectivity index is 2.03. The predicted molar refractivity (Wildman–Crippen MR) is 72.9 cm³/mol. The summed E-state index contributed by atoms with van der Waals surface area (Å²) in [5.41, 5.74) is -0.429. The minimum absolute atomic E-state index is 0.299. The van der Waals surface area contributed by atoms with Gasteiger partial charge < -0.3 is 9.84 Å². The summed E-state index contributed by atoms with van der Waals surface area (Å²) in [5, 5.41) is 10.2. The van der Waals surface area contributed by atoms with Crippen LogP contribution in [0.3, 0.4) is 0 Å². The van der Waals surface area contributed by atoms with E-state index in [-0.39, 0.29) is 0 Å². The summed E-state index contributed by atoms with van der Waals surface area (Å²) >= 11 is 0. The number of nitrogens with zero attached hydrogens (tertiary/aromatic N) is 1. The molecule has 1 aliphatic carbocycles. The number of hydrogen-bond donors (Lipinski definition) is 1. The van der Waals surface area contributed by atoms with Crippen molar-refractivity contribution in [1.29, 1.82) is 0 Å². The molecule has 0 spiro atoms. The number of hydrogen-bond acceptors (Lipinski definition) is 3. The molecule has 2 rings (SSSR count). The van der Waals surface area contributed by atoms with Crippen LogP contribution < -0.4 is 0 Å². The summed E-state index contributed by atoms with van der Waals surface area (Å²) in [7, 11) is 1.61. The Hall–Kier alpha value is -1.11. The molecule has 1 unspecified atom stereocenters. The molecule has 1 aliphatic rings. The highest BCUT2D eigenvalue weighted by molar-refractivity contribution is 5.27. The van der Waals surface area contributed by atoms with E-state index in [0.29, 0.717) is 31.3 Å². The Labute approximate surface area is 122 Å². The van der Waals surface area contributed by atoms with Crippen LogP contribution >= 0.6 is 0 Å². The lowest BCUT2D eigenvalue weighted by molar-refractivity contribution is -0.137. The average molecular weight is 303 g/mol. The zero-order valence-corrected chi connectivity index (χ0v) is 11.9. The van der Waals surface area contributed by atoms with E-state index in [1.54, 1.807) is 7.11 Å². The number of halogens is 3. The monoisotopic (exact) mass is 303 g/mol. The lowest BCUT2D eigenvalue weighted by Gasteiger charge is -2.25. The van der Waals surface area contributed by atoms with Crippen molar-refractivity contribution in [3.05, 3.63) is 35.4 Å². The first-order chi connectivity index (χ1) is 9.91. The Kier molecular flexibility index (Phi) is 5.24. The molecular formula is C15H20F3NO2. The molecule has 0 amide bonds. The third-order valence-corrected chi connectivity index (χ3v) is 3.65. The molecule has 0 radical (unpaired) electrons. The first kappa shape index (κ1) is 16.3. The second-order valence-electron chi connectivity index (χ2n) is 5.36. The molecule has 0 aliphatic heterocycles. The first-order valence-corrected chi connectivity index (χ1v) is 7.00. The van der Waals surface area contributed by atoms with Crippen LogP contribution in [0.5, 0.6) is 0 Å². The van der Waals surface area contributed by atoms with Crippen molar-refractivity contribution >= 4 is 0 Å². The fourth-order valence-corrected chi connectivity index (χ4v) is 2.32. The third kappa shape index (κ3) is 4.69. The quantitative estimate of drug-likeness (QED) is 0.841. The van der Waals surface area contributed by atoms with Gasteiger partial charge in [0.15, 0.2) is 0 Å². The topological polar surface area (TPSA) is 32.7 Å². The minimum atomic E-state index is -4.39. The average Bonchev–Trinajstić information content (AvgIpc) is 3.27. The van der Waals surface area contributed by atoms with Gasteiger partial charge in [0.1, 0.15) is 0 Å². The van der Waals surface area contributed by atoms with Gasteiger partial charge in [0.25, 0.3) is 0 Å². The maximum absolute atomic E-state index is 12.7. The van der Waals surface area contributed by atoms with Gasteiger partial charge in [0.05, 0.1) is 18.3 Å². The standard InChI is InChI=1S/C15H20F3NO2/c1-21-8-7-19(13-5-6-13)10-14(20)11-3-2-4-12(9-11)15(16,17)18/h2-4,9,13-14,20H,5-8,10H2,1H3. The summed E-state index contributed by atoms with van der Waals surface area (Å²) in [6.07, 6.45) is -3.18. The molecule has 1 aromatic rings. The van der Waals surface area contributed by atoms with Crippen LogP contribution in [-0.4, -0.2) is 42.9 Å². The second kappa shape index (κ2) is 6.77. The molecule has 1 N–H and O–H groups in total. The minimum Gasteiger partial charge on any atom is -0.387 e. The van der Waals surface area contributed by atoms with E-state index in [0.717, 1.165) is 25.0 Å². The molecule has 118 valence electrons. The van der Waals surface area contributed by atoms with E-state index in [4.69, 9.17) is 4.74 Å². The van der Waals surface area contributed by atoms with E-state index >= 15 is 0 Å². The van der Waals surface area contributed by atoms with Gasteiger partial charge in [-0.1, -0.05) is 12.1 Å². The van der Waals surface area contributed by atoms with Crippen LogP contribution in [0, 0.1) is 0 Å². The zero-order valence-electron chi connectivity index (χ0n) is 11.9. The van der Waals surface area contributed by atoms with Crippen molar-refractivity contribution < 1.29 is 23.0 Å². The van der Waals surface area contributed by atoms with E-state index in [9.17, 15) is 18.3 Å². The van der Waals surface area contributed by atoms with Gasteiger partial charge in [-0.25, -0.2) is 0 Å². The molecule has 0 bridgehead atoms. The van der Waals surface area contributed by atoms with Gasteiger partial charge >= 0.3 is 6.18 Å². The smallest absolute Gasteiger partial charge is 0.387 e. The third-order valence-electron chi connectivity index (χ3n) is 3.65. The molecule has 3 nitrogen and oxygen atoms in total. The predicted octanol–water partition coefficient (Wildman–Crippen LogP) is 2.85. The van der Waals surface area contributed by atoms with Gasteiger partial charge in [0, 0.05) is 26.2 Å². The van der Waals surface area contributed by atoms with Crippen LogP contribution in [-0.2, 0) is 10.9 Å². The number of benzene rings is 1. The van der Waals surface area contributed by atoms with Gasteiger partial charge in [-0.3, -0.25) is 4.90 Å². The van der Waals surface area contributed by atoms with E-state index in [1.807, 2.05) is 0 Å². The van der Waals surface area contributed by atoms with Gasteiger partial charge in [0.2, 0.25) is 0 Å². The summed E-state index contributed by atoms with van der Waals surface area (Å²) in [6, 6.07) is 5.31. The fourth-order valence-electron chi connectivity index (χ4n) is 2.32. The maximum Gasteiger partial charge on any atom is 0.416 e. The van der Waals surface area contributed by atoms with Crippen molar-refractivity contribution in [2.75, 3.05) is 26.8 Å². The number of alkyl halides is 3. The van der Waals surface area contributed by atoms with Crippen LogP contribution in [0.4, 0.5) is 13.2 Å². The highest BCUT2D eigenvalue weighted by Crippen LogP contribution is 2.32. The van der Waals surface area contributed by atoms with Gasteiger partial charge in [-0.2, -0.15) is 13.2 Å². The lowest BCUT2D eigenvalue weighted by atomic mass is 10.1. The highest BCUT2D eigenvalue weighted by Gasteiger charge is 2.32. The Bertz CT molecular complexity index is 460. The summed E-state index contributed by atoms with van der Waals surface area (Å²) < 4.78 is 43.1. The van der Waals surface area contributed by atoms with E-state index in [2.05, 4.69) is 4.90 Å². The Morgan fingerprint density at radius 3 is 2.67 bits per heavy atom. The maximum atomic E-state index is 12.7. The molecule has 1 fully saturated rings.